The number of pyridine rings is 1. The number of hydrogen-bond donors (Lipinski definition) is 0. The Labute approximate surface area is 88.9 Å². The molecule has 0 aliphatic heterocycles. The first-order valence-corrected chi connectivity index (χ1v) is 4.27. The molecule has 3 nitrogen and oxygen atoms in total. The van der Waals surface area contributed by atoms with Crippen LogP contribution in [-0.4, -0.2) is 18.6 Å². The lowest BCUT2D eigenvalue weighted by molar-refractivity contribution is 0.407. The molecule has 0 amide bonds. The van der Waals surface area contributed by atoms with Crippen molar-refractivity contribution >= 4 is 5.69 Å². The summed E-state index contributed by atoms with van der Waals surface area (Å²) in [7, 11) is 1.22. The third-order valence-electron chi connectivity index (χ3n) is 1.92. The van der Waals surface area contributed by atoms with E-state index < -0.39 is 29.2 Å². The largest absolute Gasteiger partial charge is 0.369 e. The topological polar surface area (TPSA) is 39.9 Å². The van der Waals surface area contributed by atoms with Gasteiger partial charge >= 0.3 is 0 Å². The minimum atomic E-state index is -1.71. The molecule has 0 atom stereocenters. The molecule has 0 saturated carbocycles. The van der Waals surface area contributed by atoms with E-state index in [1.54, 1.807) is 6.07 Å². The van der Waals surface area contributed by atoms with Crippen LogP contribution in [-0.2, 0) is 0 Å². The summed E-state index contributed by atoms with van der Waals surface area (Å²) in [6, 6.07) is 1.75. The number of aromatic nitrogens is 1. The second kappa shape index (κ2) is 4.79. The first-order chi connectivity index (χ1) is 7.49. The first-order valence-electron chi connectivity index (χ1n) is 4.27. The van der Waals surface area contributed by atoms with Gasteiger partial charge in [0.05, 0.1) is 12.5 Å². The van der Waals surface area contributed by atoms with Crippen molar-refractivity contribution in [2.75, 3.05) is 18.5 Å². The van der Waals surface area contributed by atoms with Crippen molar-refractivity contribution in [3.05, 3.63) is 23.5 Å². The minimum absolute atomic E-state index is 0.0268. The van der Waals surface area contributed by atoms with Crippen LogP contribution in [0.5, 0.6) is 0 Å². The fraction of sp³-hybridized carbons (Fsp3) is 0.333. The van der Waals surface area contributed by atoms with Gasteiger partial charge in [-0.25, -0.2) is 0 Å². The molecule has 0 fully saturated rings. The Hall–Kier alpha value is -1.84. The smallest absolute Gasteiger partial charge is 0.253 e. The summed E-state index contributed by atoms with van der Waals surface area (Å²) in [4.78, 5) is 3.34. The summed E-state index contributed by atoms with van der Waals surface area (Å²) in [6.07, 6.45) is -0.0268. The molecule has 0 radical (unpaired) electrons. The SMILES string of the molecule is CN(CCC#N)c1c(F)c(F)nc(F)c1F. The maximum atomic E-state index is 13.2. The fourth-order valence-corrected chi connectivity index (χ4v) is 1.14. The molecular formula is C9H7F4N3. The highest BCUT2D eigenvalue weighted by molar-refractivity contribution is 5.47. The monoisotopic (exact) mass is 233 g/mol. The van der Waals surface area contributed by atoms with E-state index in [4.69, 9.17) is 5.26 Å². The molecular weight excluding hydrogens is 226 g/mol. The normalized spacial score (nSPS) is 10.0. The van der Waals surface area contributed by atoms with Gasteiger partial charge in [0, 0.05) is 13.6 Å². The van der Waals surface area contributed by atoms with E-state index in [-0.39, 0.29) is 13.0 Å². The van der Waals surface area contributed by atoms with Gasteiger partial charge in [0.1, 0.15) is 5.69 Å². The molecule has 1 aromatic heterocycles. The van der Waals surface area contributed by atoms with Gasteiger partial charge in [-0.15, -0.1) is 0 Å². The summed E-state index contributed by atoms with van der Waals surface area (Å²) in [5.41, 5.74) is -0.861. The highest BCUT2D eigenvalue weighted by atomic mass is 19.2. The zero-order valence-corrected chi connectivity index (χ0v) is 8.27. The van der Waals surface area contributed by atoms with Crippen LogP contribution < -0.4 is 4.90 Å². The van der Waals surface area contributed by atoms with Crippen LogP contribution >= 0.6 is 0 Å². The predicted molar refractivity (Wildman–Crippen MR) is 47.6 cm³/mol. The number of rotatable bonds is 3. The molecule has 16 heavy (non-hydrogen) atoms. The average molecular weight is 233 g/mol. The van der Waals surface area contributed by atoms with Gasteiger partial charge in [0.15, 0.2) is 0 Å². The Bertz CT molecular complexity index is 415. The number of halogens is 4. The van der Waals surface area contributed by atoms with Gasteiger partial charge in [-0.1, -0.05) is 0 Å². The highest BCUT2D eigenvalue weighted by Crippen LogP contribution is 2.25. The lowest BCUT2D eigenvalue weighted by Gasteiger charge is -2.18. The van der Waals surface area contributed by atoms with Crippen molar-refractivity contribution in [3.63, 3.8) is 0 Å². The standard InChI is InChI=1S/C9H7F4N3/c1-16(4-2-3-14)7-5(10)8(12)15-9(13)6(7)11/h2,4H2,1H3. The third-order valence-corrected chi connectivity index (χ3v) is 1.92. The molecule has 86 valence electrons. The maximum Gasteiger partial charge on any atom is 0.253 e. The Morgan fingerprint density at radius 1 is 1.19 bits per heavy atom. The van der Waals surface area contributed by atoms with Crippen molar-refractivity contribution in [2.24, 2.45) is 0 Å². The Balaban J connectivity index is 3.17. The van der Waals surface area contributed by atoms with E-state index >= 15 is 0 Å². The molecule has 0 aliphatic rings. The van der Waals surface area contributed by atoms with Gasteiger partial charge in [0.2, 0.25) is 11.6 Å². The van der Waals surface area contributed by atoms with Crippen molar-refractivity contribution in [3.8, 4) is 6.07 Å². The molecule has 0 unspecified atom stereocenters. The zero-order valence-electron chi connectivity index (χ0n) is 8.27. The Morgan fingerprint density at radius 3 is 2.12 bits per heavy atom. The van der Waals surface area contributed by atoms with Gasteiger partial charge in [-0.2, -0.15) is 27.8 Å². The second-order valence-corrected chi connectivity index (χ2v) is 3.00. The van der Waals surface area contributed by atoms with Crippen LogP contribution in [0.15, 0.2) is 0 Å². The Kier molecular flexibility index (Phi) is 3.66. The molecule has 1 heterocycles. The Morgan fingerprint density at radius 2 is 1.69 bits per heavy atom. The van der Waals surface area contributed by atoms with E-state index in [2.05, 4.69) is 4.98 Å². The molecule has 0 saturated heterocycles. The molecule has 0 aromatic carbocycles. The molecule has 0 bridgehead atoms. The van der Waals surface area contributed by atoms with Crippen molar-refractivity contribution < 1.29 is 17.6 Å². The van der Waals surface area contributed by atoms with Crippen LogP contribution in [0.1, 0.15) is 6.42 Å². The third kappa shape index (κ3) is 2.21. The predicted octanol–water partition coefficient (Wildman–Crippen LogP) is 1.99. The number of hydrogen-bond acceptors (Lipinski definition) is 3. The van der Waals surface area contributed by atoms with E-state index in [0.717, 1.165) is 4.90 Å². The van der Waals surface area contributed by atoms with Crippen LogP contribution in [0.25, 0.3) is 0 Å². The summed E-state index contributed by atoms with van der Waals surface area (Å²) in [5.74, 6) is -6.56. The lowest BCUT2D eigenvalue weighted by Crippen LogP contribution is -2.22. The molecule has 0 spiro atoms. The van der Waals surface area contributed by atoms with Crippen LogP contribution in [0.4, 0.5) is 23.2 Å². The fourth-order valence-electron chi connectivity index (χ4n) is 1.14. The van der Waals surface area contributed by atoms with Crippen molar-refractivity contribution in [2.45, 2.75) is 6.42 Å². The molecule has 1 aromatic rings. The quantitative estimate of drug-likeness (QED) is 0.592. The average Bonchev–Trinajstić information content (AvgIpc) is 2.24. The molecule has 0 aliphatic carbocycles. The first kappa shape index (κ1) is 12.2. The van der Waals surface area contributed by atoms with Gasteiger partial charge < -0.3 is 4.90 Å². The van der Waals surface area contributed by atoms with Gasteiger partial charge in [0.25, 0.3) is 11.9 Å². The van der Waals surface area contributed by atoms with E-state index in [9.17, 15) is 17.6 Å². The summed E-state index contributed by atoms with van der Waals surface area (Å²) >= 11 is 0. The van der Waals surface area contributed by atoms with E-state index in [0.29, 0.717) is 0 Å². The van der Waals surface area contributed by atoms with Crippen molar-refractivity contribution in [1.82, 2.24) is 4.98 Å². The zero-order chi connectivity index (χ0) is 12.3. The highest BCUT2D eigenvalue weighted by Gasteiger charge is 2.23. The summed E-state index contributed by atoms with van der Waals surface area (Å²) in [6.45, 7) is -0.0484. The van der Waals surface area contributed by atoms with Crippen LogP contribution in [0.2, 0.25) is 0 Å². The van der Waals surface area contributed by atoms with E-state index in [1.807, 2.05) is 0 Å². The minimum Gasteiger partial charge on any atom is -0.369 e. The number of anilines is 1. The van der Waals surface area contributed by atoms with Crippen LogP contribution in [0.3, 0.4) is 0 Å². The van der Waals surface area contributed by atoms with Gasteiger partial charge in [-0.3, -0.25) is 0 Å². The lowest BCUT2D eigenvalue weighted by atomic mass is 10.3. The van der Waals surface area contributed by atoms with Gasteiger partial charge in [-0.05, 0) is 0 Å². The molecule has 0 N–H and O–H groups in total. The number of nitriles is 1. The second-order valence-electron chi connectivity index (χ2n) is 3.00. The number of nitrogens with zero attached hydrogens (tertiary/aromatic N) is 3. The maximum absolute atomic E-state index is 13.2. The van der Waals surface area contributed by atoms with Crippen molar-refractivity contribution in [1.29, 1.82) is 5.26 Å². The summed E-state index contributed by atoms with van der Waals surface area (Å²) in [5, 5.41) is 8.29. The van der Waals surface area contributed by atoms with Crippen LogP contribution in [0, 0.1) is 34.9 Å². The summed E-state index contributed by atoms with van der Waals surface area (Å²) < 4.78 is 51.7. The molecule has 7 heteroatoms. The van der Waals surface area contributed by atoms with E-state index in [1.165, 1.54) is 7.05 Å². The molecule has 1 rings (SSSR count).